The van der Waals surface area contributed by atoms with Crippen LogP contribution in [0.25, 0.3) is 0 Å². The van der Waals surface area contributed by atoms with E-state index in [1.54, 1.807) is 0 Å². The van der Waals surface area contributed by atoms with Gasteiger partial charge < -0.3 is 4.90 Å². The number of amides is 1. The minimum Gasteiger partial charge on any atom is -0.311 e. The Morgan fingerprint density at radius 1 is 1.29 bits per heavy atom. The number of alkyl halides is 3. The number of hydrogen-bond acceptors (Lipinski definition) is 3. The molecule has 1 unspecified atom stereocenters. The van der Waals surface area contributed by atoms with Crippen LogP contribution in [0, 0.1) is 0 Å². The van der Waals surface area contributed by atoms with Crippen LogP contribution >= 0.6 is 22.3 Å². The van der Waals surface area contributed by atoms with Crippen LogP contribution < -0.4 is 4.90 Å². The van der Waals surface area contributed by atoms with Crippen LogP contribution in [0.5, 0.6) is 0 Å². The molecule has 116 valence electrons. The first-order chi connectivity index (χ1) is 9.50. The molecule has 1 atom stereocenters. The molecule has 0 bridgehead atoms. The second-order valence-corrected chi connectivity index (χ2v) is 7.78. The molecule has 1 amide bonds. The first-order valence-electron chi connectivity index (χ1n) is 5.60. The van der Waals surface area contributed by atoms with Gasteiger partial charge >= 0.3 is 6.18 Å². The fourth-order valence-electron chi connectivity index (χ4n) is 2.01. The van der Waals surface area contributed by atoms with E-state index in [0.29, 0.717) is 6.07 Å². The van der Waals surface area contributed by atoms with Gasteiger partial charge in [-0.15, -0.1) is 0 Å². The van der Waals surface area contributed by atoms with E-state index in [4.69, 9.17) is 22.3 Å². The quantitative estimate of drug-likeness (QED) is 0.760. The monoisotopic (exact) mass is 361 g/mol. The fraction of sp³-hybridized carbons (Fsp3) is 0.364. The van der Waals surface area contributed by atoms with E-state index in [2.05, 4.69) is 0 Å². The molecule has 1 fully saturated rings. The van der Waals surface area contributed by atoms with Crippen LogP contribution in [0.15, 0.2) is 18.2 Å². The normalized spacial score (nSPS) is 20.1. The van der Waals surface area contributed by atoms with Crippen LogP contribution in [0.1, 0.15) is 12.0 Å². The maximum Gasteiger partial charge on any atom is 0.417 e. The van der Waals surface area contributed by atoms with Crippen molar-refractivity contribution in [2.45, 2.75) is 17.8 Å². The van der Waals surface area contributed by atoms with Crippen molar-refractivity contribution < 1.29 is 26.4 Å². The van der Waals surface area contributed by atoms with Crippen LogP contribution in [-0.4, -0.2) is 26.1 Å². The van der Waals surface area contributed by atoms with Crippen molar-refractivity contribution in [2.24, 2.45) is 0 Å². The zero-order valence-corrected chi connectivity index (χ0v) is 12.5. The molecule has 1 aliphatic rings. The molecule has 4 nitrogen and oxygen atoms in total. The summed E-state index contributed by atoms with van der Waals surface area (Å²) in [5, 5.41) is -1.64. The summed E-state index contributed by atoms with van der Waals surface area (Å²) in [5.74, 6) is -0.611. The summed E-state index contributed by atoms with van der Waals surface area (Å²) in [6.45, 7) is -0.288. The van der Waals surface area contributed by atoms with Crippen molar-refractivity contribution >= 4 is 42.9 Å². The van der Waals surface area contributed by atoms with Gasteiger partial charge in [-0.3, -0.25) is 4.79 Å². The lowest BCUT2D eigenvalue weighted by Crippen LogP contribution is -2.27. The van der Waals surface area contributed by atoms with Gasteiger partial charge in [-0.05, 0) is 18.2 Å². The van der Waals surface area contributed by atoms with Crippen molar-refractivity contribution in [3.63, 3.8) is 0 Å². The molecule has 1 aliphatic heterocycles. The van der Waals surface area contributed by atoms with Gasteiger partial charge in [0.15, 0.2) is 0 Å². The van der Waals surface area contributed by atoms with Crippen molar-refractivity contribution in [3.8, 4) is 0 Å². The van der Waals surface area contributed by atoms with E-state index in [0.717, 1.165) is 11.0 Å². The van der Waals surface area contributed by atoms with Crippen LogP contribution in [0.3, 0.4) is 0 Å². The predicted octanol–water partition coefficient (Wildman–Crippen LogP) is 3.03. The Morgan fingerprint density at radius 2 is 1.90 bits per heavy atom. The molecule has 0 spiro atoms. The minimum atomic E-state index is -4.67. The average Bonchev–Trinajstić information content (AvgIpc) is 2.70. The van der Waals surface area contributed by atoms with Gasteiger partial charge in [0.2, 0.25) is 15.0 Å². The van der Waals surface area contributed by atoms with Gasteiger partial charge in [-0.1, -0.05) is 11.6 Å². The number of hydrogen-bond donors (Lipinski definition) is 0. The summed E-state index contributed by atoms with van der Waals surface area (Å²) in [7, 11) is 1.22. The molecule has 2 rings (SSSR count). The van der Waals surface area contributed by atoms with E-state index in [1.807, 2.05) is 0 Å². The summed E-state index contributed by atoms with van der Waals surface area (Å²) in [6, 6.07) is 2.94. The van der Waals surface area contributed by atoms with E-state index >= 15 is 0 Å². The number of carbonyl (C=O) groups excluding carboxylic acids is 1. The summed E-state index contributed by atoms with van der Waals surface area (Å²) >= 11 is 5.48. The third kappa shape index (κ3) is 3.44. The third-order valence-corrected chi connectivity index (χ3v) is 5.25. The number of benzene rings is 1. The zero-order chi connectivity index (χ0) is 16.0. The topological polar surface area (TPSA) is 54.5 Å². The second-order valence-electron chi connectivity index (χ2n) is 4.47. The Bertz CT molecular complexity index is 690. The molecule has 21 heavy (non-hydrogen) atoms. The lowest BCUT2D eigenvalue weighted by molar-refractivity contribution is -0.137. The van der Waals surface area contributed by atoms with Gasteiger partial charge in [-0.2, -0.15) is 13.2 Å². The zero-order valence-electron chi connectivity index (χ0n) is 10.2. The molecule has 0 aromatic heterocycles. The highest BCUT2D eigenvalue weighted by atomic mass is 35.7. The average molecular weight is 362 g/mol. The van der Waals surface area contributed by atoms with E-state index < -0.39 is 37.0 Å². The minimum absolute atomic E-state index is 0.0699. The first-order valence-corrected chi connectivity index (χ1v) is 8.36. The van der Waals surface area contributed by atoms with Crippen LogP contribution in [-0.2, 0) is 20.0 Å². The lowest BCUT2D eigenvalue weighted by atomic mass is 10.2. The van der Waals surface area contributed by atoms with E-state index in [1.165, 1.54) is 6.07 Å². The highest BCUT2D eigenvalue weighted by Crippen LogP contribution is 2.38. The maximum absolute atomic E-state index is 12.8. The molecule has 0 N–H and O–H groups in total. The summed E-state index contributed by atoms with van der Waals surface area (Å²) in [4.78, 5) is 12.7. The van der Waals surface area contributed by atoms with E-state index in [9.17, 15) is 26.4 Å². The summed E-state index contributed by atoms with van der Waals surface area (Å²) in [5.41, 5.74) is -1.16. The number of carbonyl (C=O) groups is 1. The van der Waals surface area contributed by atoms with Crippen molar-refractivity contribution in [2.75, 3.05) is 11.4 Å². The highest BCUT2D eigenvalue weighted by Gasteiger charge is 2.39. The molecule has 1 aromatic carbocycles. The summed E-state index contributed by atoms with van der Waals surface area (Å²) in [6.07, 6.45) is -5.04. The number of rotatable bonds is 2. The predicted molar refractivity (Wildman–Crippen MR) is 72.0 cm³/mol. The van der Waals surface area contributed by atoms with Gasteiger partial charge in [-0.25, -0.2) is 8.42 Å². The Labute approximate surface area is 127 Å². The highest BCUT2D eigenvalue weighted by molar-refractivity contribution is 8.14. The molecule has 0 saturated carbocycles. The smallest absolute Gasteiger partial charge is 0.311 e. The molecule has 0 aliphatic carbocycles. The van der Waals surface area contributed by atoms with Crippen LogP contribution in [0.4, 0.5) is 18.9 Å². The van der Waals surface area contributed by atoms with Gasteiger partial charge in [0.25, 0.3) is 0 Å². The van der Waals surface area contributed by atoms with Crippen molar-refractivity contribution in [3.05, 3.63) is 28.8 Å². The van der Waals surface area contributed by atoms with Crippen molar-refractivity contribution in [1.82, 2.24) is 0 Å². The van der Waals surface area contributed by atoms with Gasteiger partial charge in [0.1, 0.15) is 5.25 Å². The molecule has 1 heterocycles. The van der Waals surface area contributed by atoms with Gasteiger partial charge in [0.05, 0.1) is 10.6 Å². The Kier molecular flexibility index (Phi) is 4.16. The number of anilines is 1. The molecular weight excluding hydrogens is 354 g/mol. The summed E-state index contributed by atoms with van der Waals surface area (Å²) < 4.78 is 60.8. The number of halogens is 5. The second kappa shape index (κ2) is 5.33. The lowest BCUT2D eigenvalue weighted by Gasteiger charge is -2.18. The Morgan fingerprint density at radius 3 is 2.38 bits per heavy atom. The Hall–Kier alpha value is -0.990. The third-order valence-electron chi connectivity index (χ3n) is 3.05. The fourth-order valence-corrected chi connectivity index (χ4v) is 3.26. The SMILES string of the molecule is O=C1CC(S(=O)(=O)Cl)CN1c1ccc(Cl)c(C(F)(F)F)c1. The largest absolute Gasteiger partial charge is 0.417 e. The molecule has 0 radical (unpaired) electrons. The maximum atomic E-state index is 12.8. The van der Waals surface area contributed by atoms with Crippen molar-refractivity contribution in [1.29, 1.82) is 0 Å². The van der Waals surface area contributed by atoms with Gasteiger partial charge in [0, 0.05) is 29.3 Å². The van der Waals surface area contributed by atoms with E-state index in [-0.39, 0.29) is 18.7 Å². The Balaban J connectivity index is 2.38. The number of nitrogens with zero attached hydrogens (tertiary/aromatic N) is 1. The first kappa shape index (κ1) is 16.4. The van der Waals surface area contributed by atoms with Crippen LogP contribution in [0.2, 0.25) is 5.02 Å². The molecule has 1 aromatic rings. The molecule has 1 saturated heterocycles. The molecular formula is C11H8Cl2F3NO3S. The standard InChI is InChI=1S/C11H8Cl2F3NO3S/c12-9-2-1-6(3-8(9)11(14,15)16)17-5-7(4-10(17)18)21(13,19)20/h1-3,7H,4-5H2. The molecule has 10 heteroatoms.